The topological polar surface area (TPSA) is 60.9 Å². The van der Waals surface area contributed by atoms with Gasteiger partial charge in [0.2, 0.25) is 0 Å². The number of carbonyl (C=O) groups is 2. The highest BCUT2D eigenvalue weighted by molar-refractivity contribution is 5.76. The van der Waals surface area contributed by atoms with Gasteiger partial charge in [-0.3, -0.25) is 4.79 Å². The van der Waals surface area contributed by atoms with Crippen LogP contribution < -0.4 is 0 Å². The molecule has 0 atom stereocenters. The number of hydrogen-bond acceptors (Lipinski definition) is 2. The first-order chi connectivity index (χ1) is 7.45. The van der Waals surface area contributed by atoms with Crippen LogP contribution in [0.5, 0.6) is 0 Å². The normalized spacial score (nSPS) is 16.1. The standard InChI is InChI=1S/C11H20N2O3/c1-4-13(8(2)3)11(16)12-6-9(7-12)5-10(14)15/h8-9H,4-7H2,1-3H3,(H,14,15). The highest BCUT2D eigenvalue weighted by Crippen LogP contribution is 2.21. The van der Waals surface area contributed by atoms with E-state index in [0.29, 0.717) is 19.6 Å². The van der Waals surface area contributed by atoms with Crippen molar-refractivity contribution in [2.45, 2.75) is 33.2 Å². The monoisotopic (exact) mass is 228 g/mol. The van der Waals surface area contributed by atoms with Crippen molar-refractivity contribution in [2.75, 3.05) is 19.6 Å². The lowest BCUT2D eigenvalue weighted by atomic mass is 9.97. The molecular formula is C11H20N2O3. The van der Waals surface area contributed by atoms with Crippen LogP contribution in [0.25, 0.3) is 0 Å². The Kier molecular flexibility index (Phi) is 4.15. The molecule has 0 aliphatic carbocycles. The molecule has 5 nitrogen and oxygen atoms in total. The maximum atomic E-state index is 11.9. The number of amides is 2. The summed E-state index contributed by atoms with van der Waals surface area (Å²) in [6.07, 6.45) is 0.164. The summed E-state index contributed by atoms with van der Waals surface area (Å²) in [5, 5.41) is 8.60. The van der Waals surface area contributed by atoms with E-state index in [1.54, 1.807) is 9.80 Å². The molecule has 1 heterocycles. The van der Waals surface area contributed by atoms with E-state index in [4.69, 9.17) is 5.11 Å². The molecule has 5 heteroatoms. The van der Waals surface area contributed by atoms with Crippen LogP contribution in [-0.2, 0) is 4.79 Å². The summed E-state index contributed by atoms with van der Waals surface area (Å²) in [7, 11) is 0. The highest BCUT2D eigenvalue weighted by Gasteiger charge is 2.34. The van der Waals surface area contributed by atoms with Gasteiger partial charge in [-0.1, -0.05) is 0 Å². The van der Waals surface area contributed by atoms with Gasteiger partial charge in [0.15, 0.2) is 0 Å². The van der Waals surface area contributed by atoms with E-state index in [1.165, 1.54) is 0 Å². The van der Waals surface area contributed by atoms with Gasteiger partial charge in [0.05, 0.1) is 6.42 Å². The molecule has 1 rings (SSSR count). The number of carbonyl (C=O) groups excluding carboxylic acids is 1. The Labute approximate surface area is 96.0 Å². The molecule has 16 heavy (non-hydrogen) atoms. The Morgan fingerprint density at radius 3 is 2.38 bits per heavy atom. The smallest absolute Gasteiger partial charge is 0.320 e. The van der Waals surface area contributed by atoms with Crippen molar-refractivity contribution < 1.29 is 14.7 Å². The molecular weight excluding hydrogens is 208 g/mol. The summed E-state index contributed by atoms with van der Waals surface area (Å²) in [6, 6.07) is 0.218. The number of aliphatic carboxylic acids is 1. The van der Waals surface area contributed by atoms with Gasteiger partial charge >= 0.3 is 12.0 Å². The number of hydrogen-bond donors (Lipinski definition) is 1. The molecule has 1 aliphatic heterocycles. The van der Waals surface area contributed by atoms with Crippen LogP contribution in [0.4, 0.5) is 4.79 Å². The molecule has 1 saturated heterocycles. The summed E-state index contributed by atoms with van der Waals surface area (Å²) in [5.74, 6) is -0.652. The largest absolute Gasteiger partial charge is 0.481 e. The van der Waals surface area contributed by atoms with Gasteiger partial charge < -0.3 is 14.9 Å². The minimum absolute atomic E-state index is 0.0270. The molecule has 1 aliphatic rings. The molecule has 1 fully saturated rings. The van der Waals surface area contributed by atoms with E-state index in [9.17, 15) is 9.59 Å². The quantitative estimate of drug-likeness (QED) is 0.787. The minimum atomic E-state index is -0.784. The minimum Gasteiger partial charge on any atom is -0.481 e. The molecule has 0 aromatic rings. The number of urea groups is 1. The van der Waals surface area contributed by atoms with E-state index in [1.807, 2.05) is 20.8 Å². The zero-order valence-corrected chi connectivity index (χ0v) is 10.1. The van der Waals surface area contributed by atoms with Gasteiger partial charge in [-0.2, -0.15) is 0 Å². The lowest BCUT2D eigenvalue weighted by Crippen LogP contribution is -2.56. The lowest BCUT2D eigenvalue weighted by molar-refractivity contribution is -0.139. The summed E-state index contributed by atoms with van der Waals surface area (Å²) >= 11 is 0. The summed E-state index contributed by atoms with van der Waals surface area (Å²) in [6.45, 7) is 7.76. The van der Waals surface area contributed by atoms with Gasteiger partial charge in [0, 0.05) is 31.6 Å². The molecule has 0 aromatic heterocycles. The van der Waals surface area contributed by atoms with Crippen LogP contribution in [0.3, 0.4) is 0 Å². The first kappa shape index (κ1) is 12.8. The second kappa shape index (κ2) is 5.18. The Balaban J connectivity index is 2.39. The summed E-state index contributed by atoms with van der Waals surface area (Å²) in [5.41, 5.74) is 0. The zero-order chi connectivity index (χ0) is 12.3. The fourth-order valence-corrected chi connectivity index (χ4v) is 2.01. The van der Waals surface area contributed by atoms with E-state index < -0.39 is 5.97 Å². The van der Waals surface area contributed by atoms with E-state index in [-0.39, 0.29) is 24.4 Å². The average molecular weight is 228 g/mol. The molecule has 0 spiro atoms. The number of nitrogens with zero attached hydrogens (tertiary/aromatic N) is 2. The molecule has 0 bridgehead atoms. The van der Waals surface area contributed by atoms with Gasteiger partial charge in [0.25, 0.3) is 0 Å². The Morgan fingerprint density at radius 1 is 1.44 bits per heavy atom. The SMILES string of the molecule is CCN(C(=O)N1CC(CC(=O)O)C1)C(C)C. The van der Waals surface area contributed by atoms with Crippen LogP contribution in [0, 0.1) is 5.92 Å². The van der Waals surface area contributed by atoms with Crippen molar-refractivity contribution >= 4 is 12.0 Å². The first-order valence-electron chi connectivity index (χ1n) is 5.73. The number of rotatable bonds is 4. The van der Waals surface area contributed by atoms with Crippen molar-refractivity contribution in [1.82, 2.24) is 9.80 Å². The van der Waals surface area contributed by atoms with E-state index in [2.05, 4.69) is 0 Å². The molecule has 0 unspecified atom stereocenters. The number of likely N-dealkylation sites (tertiary alicyclic amines) is 1. The third kappa shape index (κ3) is 2.87. The lowest BCUT2D eigenvalue weighted by Gasteiger charge is -2.42. The molecule has 0 saturated carbocycles. The Bertz CT molecular complexity index is 272. The number of carboxylic acid groups (broad SMARTS) is 1. The Hall–Kier alpha value is -1.26. The maximum absolute atomic E-state index is 11.9. The predicted octanol–water partition coefficient (Wildman–Crippen LogP) is 1.24. The first-order valence-corrected chi connectivity index (χ1v) is 5.73. The van der Waals surface area contributed by atoms with Gasteiger partial charge in [-0.15, -0.1) is 0 Å². The second-order valence-electron chi connectivity index (χ2n) is 4.53. The Morgan fingerprint density at radius 2 is 2.00 bits per heavy atom. The highest BCUT2D eigenvalue weighted by atomic mass is 16.4. The van der Waals surface area contributed by atoms with Crippen molar-refractivity contribution in [2.24, 2.45) is 5.92 Å². The maximum Gasteiger partial charge on any atom is 0.320 e. The fourth-order valence-electron chi connectivity index (χ4n) is 2.01. The van der Waals surface area contributed by atoms with Gasteiger partial charge in [0.1, 0.15) is 0 Å². The van der Waals surface area contributed by atoms with Crippen molar-refractivity contribution in [3.05, 3.63) is 0 Å². The van der Waals surface area contributed by atoms with Gasteiger partial charge in [-0.25, -0.2) is 4.79 Å². The summed E-state index contributed by atoms with van der Waals surface area (Å²) < 4.78 is 0. The molecule has 0 radical (unpaired) electrons. The molecule has 2 amide bonds. The molecule has 92 valence electrons. The number of carboxylic acids is 1. The van der Waals surface area contributed by atoms with E-state index in [0.717, 1.165) is 0 Å². The van der Waals surface area contributed by atoms with Gasteiger partial charge in [-0.05, 0) is 20.8 Å². The predicted molar refractivity (Wildman–Crippen MR) is 60.2 cm³/mol. The van der Waals surface area contributed by atoms with Crippen molar-refractivity contribution in [3.63, 3.8) is 0 Å². The fraction of sp³-hybridized carbons (Fsp3) is 0.818. The van der Waals surface area contributed by atoms with Crippen molar-refractivity contribution in [1.29, 1.82) is 0 Å². The third-order valence-corrected chi connectivity index (χ3v) is 2.90. The molecule has 0 aromatic carbocycles. The van der Waals surface area contributed by atoms with Crippen LogP contribution in [0.1, 0.15) is 27.2 Å². The van der Waals surface area contributed by atoms with Crippen LogP contribution >= 0.6 is 0 Å². The van der Waals surface area contributed by atoms with Crippen LogP contribution in [0.2, 0.25) is 0 Å². The van der Waals surface area contributed by atoms with Crippen LogP contribution in [0.15, 0.2) is 0 Å². The zero-order valence-electron chi connectivity index (χ0n) is 10.1. The van der Waals surface area contributed by atoms with Crippen LogP contribution in [-0.4, -0.2) is 52.6 Å². The second-order valence-corrected chi connectivity index (χ2v) is 4.53. The van der Waals surface area contributed by atoms with Crippen molar-refractivity contribution in [3.8, 4) is 0 Å². The molecule has 1 N–H and O–H groups in total. The third-order valence-electron chi connectivity index (χ3n) is 2.90. The average Bonchev–Trinajstić information content (AvgIpc) is 2.10. The summed E-state index contributed by atoms with van der Waals surface area (Å²) in [4.78, 5) is 25.9. The van der Waals surface area contributed by atoms with E-state index >= 15 is 0 Å².